The second-order valence-corrected chi connectivity index (χ2v) is 4.70. The van der Waals surface area contributed by atoms with Crippen molar-refractivity contribution in [2.24, 2.45) is 0 Å². The molecule has 0 unspecified atom stereocenters. The first-order valence-corrected chi connectivity index (χ1v) is 5.43. The zero-order valence-corrected chi connectivity index (χ0v) is 9.84. The smallest absolute Gasteiger partial charge is 0.124 e. The molecule has 1 heterocycles. The third-order valence-corrected chi connectivity index (χ3v) is 1.98. The molecule has 0 aliphatic heterocycles. The summed E-state index contributed by atoms with van der Waals surface area (Å²) in [6.45, 7) is 9.35. The minimum atomic E-state index is 0.214. The monoisotopic (exact) mass is 211 g/mol. The Morgan fingerprint density at radius 1 is 1.33 bits per heavy atom. The van der Waals surface area contributed by atoms with Crippen molar-refractivity contribution in [2.75, 3.05) is 13.1 Å². The predicted octanol–water partition coefficient (Wildman–Crippen LogP) is 1.54. The van der Waals surface area contributed by atoms with E-state index < -0.39 is 0 Å². The second kappa shape index (κ2) is 5.88. The second-order valence-electron chi connectivity index (χ2n) is 4.70. The highest BCUT2D eigenvalue weighted by Gasteiger charge is 2.06. The molecule has 0 saturated carbocycles. The van der Waals surface area contributed by atoms with Crippen LogP contribution in [0.2, 0.25) is 0 Å². The highest BCUT2D eigenvalue weighted by Crippen LogP contribution is 1.97. The number of nitrogens with one attached hydrogen (secondary N) is 2. The maximum atomic E-state index is 4.74. The molecule has 0 saturated heterocycles. The van der Waals surface area contributed by atoms with Gasteiger partial charge in [-0.15, -0.1) is 0 Å². The van der Waals surface area contributed by atoms with Crippen LogP contribution >= 0.6 is 0 Å². The highest BCUT2D eigenvalue weighted by atomic mass is 16.5. The number of nitrogens with zero attached hydrogens (tertiary/aromatic N) is 1. The fourth-order valence-corrected chi connectivity index (χ4v) is 1.22. The van der Waals surface area contributed by atoms with Gasteiger partial charge >= 0.3 is 0 Å². The van der Waals surface area contributed by atoms with Crippen LogP contribution in [0.1, 0.15) is 32.9 Å². The zero-order chi connectivity index (χ0) is 11.1. The Balaban J connectivity index is 1.94. The minimum Gasteiger partial charge on any atom is -0.364 e. The first-order valence-electron chi connectivity index (χ1n) is 5.43. The van der Waals surface area contributed by atoms with Gasteiger partial charge < -0.3 is 15.2 Å². The molecule has 1 aromatic heterocycles. The van der Waals surface area contributed by atoms with Gasteiger partial charge in [0.05, 0.1) is 5.69 Å². The van der Waals surface area contributed by atoms with Gasteiger partial charge in [0.1, 0.15) is 6.26 Å². The van der Waals surface area contributed by atoms with E-state index in [0.717, 1.165) is 31.7 Å². The van der Waals surface area contributed by atoms with Crippen LogP contribution in [-0.2, 0) is 6.54 Å². The Morgan fingerprint density at radius 3 is 2.73 bits per heavy atom. The SMILES string of the molecule is CC(C)(C)NCCCNCc1ccon1. The molecule has 0 fully saturated rings. The van der Waals surface area contributed by atoms with E-state index in [9.17, 15) is 0 Å². The maximum absolute atomic E-state index is 4.74. The number of rotatable bonds is 6. The van der Waals surface area contributed by atoms with Gasteiger partial charge in [-0.1, -0.05) is 5.16 Å². The van der Waals surface area contributed by atoms with Crippen LogP contribution in [-0.4, -0.2) is 23.8 Å². The molecule has 4 heteroatoms. The molecule has 0 atom stereocenters. The van der Waals surface area contributed by atoms with Crippen LogP contribution < -0.4 is 10.6 Å². The van der Waals surface area contributed by atoms with Gasteiger partial charge in [0, 0.05) is 18.2 Å². The lowest BCUT2D eigenvalue weighted by atomic mass is 10.1. The summed E-state index contributed by atoms with van der Waals surface area (Å²) in [5, 5.41) is 10.6. The Labute approximate surface area is 91.4 Å². The number of aromatic nitrogens is 1. The summed E-state index contributed by atoms with van der Waals surface area (Å²) < 4.78 is 4.74. The quantitative estimate of drug-likeness (QED) is 0.701. The van der Waals surface area contributed by atoms with Crippen LogP contribution in [0.5, 0.6) is 0 Å². The summed E-state index contributed by atoms with van der Waals surface area (Å²) >= 11 is 0. The van der Waals surface area contributed by atoms with E-state index in [2.05, 4.69) is 36.6 Å². The number of hydrogen-bond acceptors (Lipinski definition) is 4. The van der Waals surface area contributed by atoms with Crippen LogP contribution in [0.15, 0.2) is 16.9 Å². The standard InChI is InChI=1S/C11H21N3O/c1-11(2,3)13-7-4-6-12-9-10-5-8-15-14-10/h5,8,12-13H,4,6-7,9H2,1-3H3. The summed E-state index contributed by atoms with van der Waals surface area (Å²) in [5.41, 5.74) is 1.17. The average Bonchev–Trinajstić information content (AvgIpc) is 2.61. The molecular weight excluding hydrogens is 190 g/mol. The summed E-state index contributed by atoms with van der Waals surface area (Å²) in [4.78, 5) is 0. The topological polar surface area (TPSA) is 50.1 Å². The van der Waals surface area contributed by atoms with E-state index in [4.69, 9.17) is 4.52 Å². The number of hydrogen-bond donors (Lipinski definition) is 2. The Morgan fingerprint density at radius 2 is 2.13 bits per heavy atom. The fourth-order valence-electron chi connectivity index (χ4n) is 1.22. The van der Waals surface area contributed by atoms with E-state index in [1.807, 2.05) is 6.07 Å². The Bertz CT molecular complexity index is 251. The third kappa shape index (κ3) is 6.25. The lowest BCUT2D eigenvalue weighted by molar-refractivity contribution is 0.405. The van der Waals surface area contributed by atoms with Gasteiger partial charge in [-0.2, -0.15) is 0 Å². The summed E-state index contributed by atoms with van der Waals surface area (Å²) in [6.07, 6.45) is 2.72. The fraction of sp³-hybridized carbons (Fsp3) is 0.727. The average molecular weight is 211 g/mol. The molecule has 0 aliphatic carbocycles. The first kappa shape index (κ1) is 12.2. The lowest BCUT2D eigenvalue weighted by Crippen LogP contribution is -2.37. The van der Waals surface area contributed by atoms with E-state index in [-0.39, 0.29) is 5.54 Å². The van der Waals surface area contributed by atoms with Crippen LogP contribution in [0.4, 0.5) is 0 Å². The van der Waals surface area contributed by atoms with Gasteiger partial charge in [0.25, 0.3) is 0 Å². The summed E-state index contributed by atoms with van der Waals surface area (Å²) in [6, 6.07) is 1.88. The van der Waals surface area contributed by atoms with E-state index in [1.165, 1.54) is 0 Å². The predicted molar refractivity (Wildman–Crippen MR) is 60.6 cm³/mol. The van der Waals surface area contributed by atoms with Crippen molar-refractivity contribution >= 4 is 0 Å². The molecule has 0 amide bonds. The molecule has 2 N–H and O–H groups in total. The van der Waals surface area contributed by atoms with Crippen molar-refractivity contribution in [3.05, 3.63) is 18.0 Å². The van der Waals surface area contributed by atoms with Gasteiger partial charge in [-0.3, -0.25) is 0 Å². The molecule has 0 aliphatic rings. The van der Waals surface area contributed by atoms with Crippen molar-refractivity contribution in [1.82, 2.24) is 15.8 Å². The van der Waals surface area contributed by atoms with E-state index >= 15 is 0 Å². The van der Waals surface area contributed by atoms with Crippen molar-refractivity contribution in [3.63, 3.8) is 0 Å². The van der Waals surface area contributed by atoms with Gasteiger partial charge in [0.2, 0.25) is 0 Å². The molecule has 0 spiro atoms. The van der Waals surface area contributed by atoms with Crippen LogP contribution in [0, 0.1) is 0 Å². The van der Waals surface area contributed by atoms with E-state index in [0.29, 0.717) is 0 Å². The van der Waals surface area contributed by atoms with Gasteiger partial charge in [-0.25, -0.2) is 0 Å². The first-order chi connectivity index (χ1) is 7.08. The minimum absolute atomic E-state index is 0.214. The molecule has 1 rings (SSSR count). The van der Waals surface area contributed by atoms with Gasteiger partial charge in [0.15, 0.2) is 0 Å². The third-order valence-electron chi connectivity index (χ3n) is 1.98. The molecule has 1 aromatic rings. The summed E-state index contributed by atoms with van der Waals surface area (Å²) in [7, 11) is 0. The lowest BCUT2D eigenvalue weighted by Gasteiger charge is -2.20. The molecule has 0 aromatic carbocycles. The Kier molecular flexibility index (Phi) is 4.78. The van der Waals surface area contributed by atoms with Crippen LogP contribution in [0.3, 0.4) is 0 Å². The molecule has 86 valence electrons. The largest absolute Gasteiger partial charge is 0.364 e. The molecule has 0 bridgehead atoms. The van der Waals surface area contributed by atoms with Crippen LogP contribution in [0.25, 0.3) is 0 Å². The molecular formula is C11H21N3O. The van der Waals surface area contributed by atoms with Crippen molar-refractivity contribution in [1.29, 1.82) is 0 Å². The van der Waals surface area contributed by atoms with Crippen molar-refractivity contribution in [2.45, 2.75) is 39.3 Å². The Hall–Kier alpha value is -0.870. The zero-order valence-electron chi connectivity index (χ0n) is 9.84. The molecule has 15 heavy (non-hydrogen) atoms. The molecule has 0 radical (unpaired) electrons. The maximum Gasteiger partial charge on any atom is 0.124 e. The summed E-state index contributed by atoms with van der Waals surface area (Å²) in [5.74, 6) is 0. The molecule has 4 nitrogen and oxygen atoms in total. The normalized spacial score (nSPS) is 11.9. The van der Waals surface area contributed by atoms with Crippen molar-refractivity contribution < 1.29 is 4.52 Å². The highest BCUT2D eigenvalue weighted by molar-refractivity contribution is 4.93. The van der Waals surface area contributed by atoms with Gasteiger partial charge in [-0.05, 0) is 40.3 Å². The van der Waals surface area contributed by atoms with Crippen molar-refractivity contribution in [3.8, 4) is 0 Å². The van der Waals surface area contributed by atoms with E-state index in [1.54, 1.807) is 6.26 Å².